The molecule has 0 amide bonds. The van der Waals surface area contributed by atoms with E-state index in [-0.39, 0.29) is 0 Å². The predicted octanol–water partition coefficient (Wildman–Crippen LogP) is 2.77. The Morgan fingerprint density at radius 1 is 1.43 bits per heavy atom. The molecule has 0 fully saturated rings. The summed E-state index contributed by atoms with van der Waals surface area (Å²) < 4.78 is 10.6. The molecule has 72 valence electrons. The molecule has 1 aliphatic rings. The van der Waals surface area contributed by atoms with Gasteiger partial charge in [0, 0.05) is 12.0 Å². The minimum Gasteiger partial charge on any atom is -0.469 e. The van der Waals surface area contributed by atoms with Crippen molar-refractivity contribution in [2.45, 2.75) is 18.7 Å². The van der Waals surface area contributed by atoms with Gasteiger partial charge >= 0.3 is 0 Å². The molecule has 0 N–H and O–H groups in total. The third-order valence-electron chi connectivity index (χ3n) is 2.59. The highest BCUT2D eigenvalue weighted by Gasteiger charge is 2.25. The van der Waals surface area contributed by atoms with Crippen LogP contribution in [0.2, 0.25) is 0 Å². The summed E-state index contributed by atoms with van der Waals surface area (Å²) in [5, 5.41) is 3.95. The Morgan fingerprint density at radius 3 is 3.21 bits per heavy atom. The smallest absolute Gasteiger partial charge is 0.173 e. The lowest BCUT2D eigenvalue weighted by atomic mass is 9.95. The van der Waals surface area contributed by atoms with Crippen LogP contribution in [0.15, 0.2) is 21.3 Å². The van der Waals surface area contributed by atoms with Crippen LogP contribution in [0.3, 0.4) is 0 Å². The van der Waals surface area contributed by atoms with Crippen molar-refractivity contribution in [3.8, 4) is 11.3 Å². The van der Waals surface area contributed by atoms with Crippen molar-refractivity contribution in [2.75, 3.05) is 0 Å². The van der Waals surface area contributed by atoms with E-state index >= 15 is 0 Å². The lowest BCUT2D eigenvalue weighted by Gasteiger charge is -2.08. The van der Waals surface area contributed by atoms with Gasteiger partial charge in [0.2, 0.25) is 0 Å². The number of nitrogens with zero attached hydrogens (tertiary/aromatic N) is 1. The van der Waals surface area contributed by atoms with Crippen molar-refractivity contribution in [1.29, 1.82) is 0 Å². The summed E-state index contributed by atoms with van der Waals surface area (Å²) in [6, 6.07) is 1.91. The van der Waals surface area contributed by atoms with E-state index in [0.717, 1.165) is 41.2 Å². The van der Waals surface area contributed by atoms with Gasteiger partial charge in [-0.2, -0.15) is 0 Å². The van der Waals surface area contributed by atoms with E-state index in [0.29, 0.717) is 5.88 Å². The van der Waals surface area contributed by atoms with Gasteiger partial charge in [-0.05, 0) is 12.5 Å². The number of aryl methyl sites for hydroxylation is 1. The first kappa shape index (κ1) is 8.12. The van der Waals surface area contributed by atoms with Gasteiger partial charge in [0.15, 0.2) is 5.76 Å². The van der Waals surface area contributed by atoms with Crippen LogP contribution in [-0.2, 0) is 18.7 Å². The number of alkyl halides is 1. The SMILES string of the molecule is ClCc1noc2c1CCc1occc1-2. The predicted molar refractivity (Wildman–Crippen MR) is 51.2 cm³/mol. The molecule has 0 saturated carbocycles. The maximum absolute atomic E-state index is 5.76. The first-order chi connectivity index (χ1) is 6.90. The molecule has 0 aromatic carbocycles. The first-order valence-electron chi connectivity index (χ1n) is 4.50. The van der Waals surface area contributed by atoms with Crippen LogP contribution >= 0.6 is 11.6 Å². The van der Waals surface area contributed by atoms with Gasteiger partial charge in [-0.3, -0.25) is 0 Å². The van der Waals surface area contributed by atoms with Gasteiger partial charge in [0.25, 0.3) is 0 Å². The summed E-state index contributed by atoms with van der Waals surface area (Å²) in [5.74, 6) is 2.22. The second-order valence-electron chi connectivity index (χ2n) is 3.33. The molecule has 2 aromatic rings. The molecular formula is C10H8ClNO2. The highest BCUT2D eigenvalue weighted by atomic mass is 35.5. The van der Waals surface area contributed by atoms with Gasteiger partial charge in [-0.1, -0.05) is 5.16 Å². The van der Waals surface area contributed by atoms with E-state index in [4.69, 9.17) is 20.5 Å². The molecule has 4 heteroatoms. The maximum Gasteiger partial charge on any atom is 0.173 e. The van der Waals surface area contributed by atoms with Crippen LogP contribution in [-0.4, -0.2) is 5.16 Å². The molecule has 0 radical (unpaired) electrons. The quantitative estimate of drug-likeness (QED) is 0.678. The number of hydrogen-bond donors (Lipinski definition) is 0. The molecule has 0 atom stereocenters. The molecule has 3 rings (SSSR count). The summed E-state index contributed by atoms with van der Waals surface area (Å²) in [6.45, 7) is 0. The van der Waals surface area contributed by atoms with E-state index in [2.05, 4.69) is 5.16 Å². The van der Waals surface area contributed by atoms with Crippen LogP contribution in [0.1, 0.15) is 17.0 Å². The summed E-state index contributed by atoms with van der Waals surface area (Å²) in [7, 11) is 0. The van der Waals surface area contributed by atoms with Crippen molar-refractivity contribution in [3.05, 3.63) is 29.3 Å². The number of halogens is 1. The first-order valence-corrected chi connectivity index (χ1v) is 5.03. The highest BCUT2D eigenvalue weighted by molar-refractivity contribution is 6.17. The minimum atomic E-state index is 0.409. The summed E-state index contributed by atoms with van der Waals surface area (Å²) in [4.78, 5) is 0. The van der Waals surface area contributed by atoms with Crippen LogP contribution in [0.5, 0.6) is 0 Å². The van der Waals surface area contributed by atoms with Crippen molar-refractivity contribution < 1.29 is 8.94 Å². The second-order valence-corrected chi connectivity index (χ2v) is 3.60. The summed E-state index contributed by atoms with van der Waals surface area (Å²) in [5.41, 5.74) is 3.01. The average Bonchev–Trinajstić information content (AvgIpc) is 2.82. The molecule has 1 aliphatic carbocycles. The van der Waals surface area contributed by atoms with Crippen LogP contribution in [0, 0.1) is 0 Å². The Kier molecular flexibility index (Phi) is 1.67. The fourth-order valence-corrected chi connectivity index (χ4v) is 2.10. The molecule has 0 aliphatic heterocycles. The molecule has 0 unspecified atom stereocenters. The zero-order chi connectivity index (χ0) is 9.54. The van der Waals surface area contributed by atoms with E-state index in [1.165, 1.54) is 0 Å². The number of furan rings is 1. The minimum absolute atomic E-state index is 0.409. The van der Waals surface area contributed by atoms with E-state index in [9.17, 15) is 0 Å². The number of hydrogen-bond acceptors (Lipinski definition) is 3. The molecule has 2 aromatic heterocycles. The molecule has 14 heavy (non-hydrogen) atoms. The molecule has 0 spiro atoms. The zero-order valence-electron chi connectivity index (χ0n) is 7.42. The van der Waals surface area contributed by atoms with Crippen LogP contribution in [0.25, 0.3) is 11.3 Å². The third kappa shape index (κ3) is 0.960. The van der Waals surface area contributed by atoms with Gasteiger partial charge in [0.1, 0.15) is 11.5 Å². The monoisotopic (exact) mass is 209 g/mol. The number of aromatic nitrogens is 1. The van der Waals surface area contributed by atoms with E-state index in [1.807, 2.05) is 6.07 Å². The fourth-order valence-electron chi connectivity index (χ4n) is 1.89. The van der Waals surface area contributed by atoms with Crippen molar-refractivity contribution in [1.82, 2.24) is 5.16 Å². The lowest BCUT2D eigenvalue weighted by molar-refractivity contribution is 0.422. The molecule has 0 bridgehead atoms. The largest absolute Gasteiger partial charge is 0.469 e. The highest BCUT2D eigenvalue weighted by Crippen LogP contribution is 2.36. The number of fused-ring (bicyclic) bond motifs is 3. The van der Waals surface area contributed by atoms with Crippen molar-refractivity contribution in [3.63, 3.8) is 0 Å². The van der Waals surface area contributed by atoms with E-state index in [1.54, 1.807) is 6.26 Å². The summed E-state index contributed by atoms with van der Waals surface area (Å²) in [6.07, 6.45) is 3.49. The fraction of sp³-hybridized carbons (Fsp3) is 0.300. The van der Waals surface area contributed by atoms with Crippen LogP contribution < -0.4 is 0 Å². The van der Waals surface area contributed by atoms with Gasteiger partial charge in [-0.15, -0.1) is 11.6 Å². The van der Waals surface area contributed by atoms with E-state index < -0.39 is 0 Å². The summed E-state index contributed by atoms with van der Waals surface area (Å²) >= 11 is 5.76. The Bertz CT molecular complexity index is 472. The molecule has 2 heterocycles. The molecule has 3 nitrogen and oxygen atoms in total. The molecule has 0 saturated heterocycles. The standard InChI is InChI=1S/C10H8ClNO2/c11-5-8-6-1-2-9-7(3-4-13-9)10(6)14-12-8/h3-4H,1-2,5H2. The van der Waals surface area contributed by atoms with Crippen LogP contribution in [0.4, 0.5) is 0 Å². The van der Waals surface area contributed by atoms with Crippen molar-refractivity contribution >= 4 is 11.6 Å². The third-order valence-corrected chi connectivity index (χ3v) is 2.84. The Morgan fingerprint density at radius 2 is 2.36 bits per heavy atom. The van der Waals surface area contributed by atoms with Crippen molar-refractivity contribution in [2.24, 2.45) is 0 Å². The normalized spacial score (nSPS) is 13.8. The lowest BCUT2D eigenvalue weighted by Crippen LogP contribution is -2.00. The average molecular weight is 210 g/mol. The number of rotatable bonds is 1. The van der Waals surface area contributed by atoms with Gasteiger partial charge in [0.05, 0.1) is 17.7 Å². The Labute approximate surface area is 85.6 Å². The maximum atomic E-state index is 5.76. The molecular weight excluding hydrogens is 202 g/mol. The Hall–Kier alpha value is -1.22. The Balaban J connectivity index is 2.22. The topological polar surface area (TPSA) is 39.2 Å². The van der Waals surface area contributed by atoms with Gasteiger partial charge in [-0.25, -0.2) is 0 Å². The second kappa shape index (κ2) is 2.89. The zero-order valence-corrected chi connectivity index (χ0v) is 8.17. The van der Waals surface area contributed by atoms with Gasteiger partial charge < -0.3 is 8.94 Å².